The Kier molecular flexibility index (Phi) is 3.96. The largest absolute Gasteiger partial charge is 0.350 e. The molecule has 1 amide bonds. The summed E-state index contributed by atoms with van der Waals surface area (Å²) in [6.45, 7) is 3.47. The summed E-state index contributed by atoms with van der Waals surface area (Å²) in [6, 6.07) is 7.97. The van der Waals surface area contributed by atoms with Crippen LogP contribution in [-0.4, -0.2) is 5.91 Å². The molecule has 0 bridgehead atoms. The van der Waals surface area contributed by atoms with Gasteiger partial charge in [0.2, 0.25) is 5.91 Å². The minimum atomic E-state index is -0.0149. The monoisotopic (exact) mass is 211 g/mol. The molecular weight excluding hydrogens is 198 g/mol. The van der Waals surface area contributed by atoms with Crippen molar-refractivity contribution in [1.29, 1.82) is 0 Å². The molecule has 76 valence electrons. The van der Waals surface area contributed by atoms with Crippen molar-refractivity contribution in [3.63, 3.8) is 0 Å². The van der Waals surface area contributed by atoms with E-state index < -0.39 is 0 Å². The summed E-state index contributed by atoms with van der Waals surface area (Å²) < 4.78 is 0. The fraction of sp³-hybridized carbons (Fsp3) is 0.364. The number of rotatable bonds is 3. The van der Waals surface area contributed by atoms with Crippen LogP contribution in [0.5, 0.6) is 0 Å². The standard InChI is InChI=1S/C11H14ClNO/c1-8(13-9(2)14)11-5-3-10(7-12)4-6-11/h3-6,8H,7H2,1-2H3,(H,13,14)/t8-/m0/s1. The molecule has 0 saturated carbocycles. The molecule has 0 aliphatic rings. The average molecular weight is 212 g/mol. The molecule has 1 aromatic rings. The van der Waals surface area contributed by atoms with E-state index in [1.165, 1.54) is 6.92 Å². The molecule has 0 unspecified atom stereocenters. The van der Waals surface area contributed by atoms with E-state index in [-0.39, 0.29) is 11.9 Å². The number of hydrogen-bond acceptors (Lipinski definition) is 1. The van der Waals surface area contributed by atoms with Crippen LogP contribution >= 0.6 is 11.6 Å². The number of hydrogen-bond donors (Lipinski definition) is 1. The van der Waals surface area contributed by atoms with Crippen LogP contribution < -0.4 is 5.32 Å². The molecule has 1 rings (SSSR count). The van der Waals surface area contributed by atoms with Crippen molar-refractivity contribution in [3.8, 4) is 0 Å². The van der Waals surface area contributed by atoms with Gasteiger partial charge in [-0.3, -0.25) is 4.79 Å². The fourth-order valence-electron chi connectivity index (χ4n) is 1.28. The zero-order valence-corrected chi connectivity index (χ0v) is 9.14. The Hall–Kier alpha value is -1.02. The van der Waals surface area contributed by atoms with Crippen molar-refractivity contribution in [2.24, 2.45) is 0 Å². The summed E-state index contributed by atoms with van der Waals surface area (Å²) in [5.74, 6) is 0.508. The number of carbonyl (C=O) groups is 1. The molecule has 0 spiro atoms. The lowest BCUT2D eigenvalue weighted by atomic mass is 10.1. The van der Waals surface area contributed by atoms with Gasteiger partial charge in [0.05, 0.1) is 6.04 Å². The Morgan fingerprint density at radius 2 is 2.00 bits per heavy atom. The molecule has 0 aliphatic carbocycles. The van der Waals surface area contributed by atoms with Crippen LogP contribution in [0.15, 0.2) is 24.3 Å². The van der Waals surface area contributed by atoms with E-state index in [0.717, 1.165) is 11.1 Å². The normalized spacial score (nSPS) is 12.2. The van der Waals surface area contributed by atoms with Gasteiger partial charge in [-0.05, 0) is 18.1 Å². The third-order valence-corrected chi connectivity index (χ3v) is 2.36. The second-order valence-corrected chi connectivity index (χ2v) is 3.56. The van der Waals surface area contributed by atoms with E-state index in [1.54, 1.807) is 0 Å². The molecule has 1 aromatic carbocycles. The third-order valence-electron chi connectivity index (χ3n) is 2.05. The number of alkyl halides is 1. The second kappa shape index (κ2) is 5.01. The van der Waals surface area contributed by atoms with E-state index >= 15 is 0 Å². The maximum Gasteiger partial charge on any atom is 0.217 e. The third kappa shape index (κ3) is 3.04. The minimum absolute atomic E-state index is 0.0149. The Morgan fingerprint density at radius 3 is 2.43 bits per heavy atom. The highest BCUT2D eigenvalue weighted by atomic mass is 35.5. The lowest BCUT2D eigenvalue weighted by Crippen LogP contribution is -2.23. The molecule has 3 heteroatoms. The van der Waals surface area contributed by atoms with Crippen LogP contribution in [0.25, 0.3) is 0 Å². The first-order chi connectivity index (χ1) is 6.63. The van der Waals surface area contributed by atoms with Crippen LogP contribution in [0.1, 0.15) is 31.0 Å². The van der Waals surface area contributed by atoms with Crippen LogP contribution in [0.3, 0.4) is 0 Å². The lowest BCUT2D eigenvalue weighted by molar-refractivity contribution is -0.119. The van der Waals surface area contributed by atoms with E-state index in [9.17, 15) is 4.79 Å². The van der Waals surface area contributed by atoms with Crippen molar-refractivity contribution < 1.29 is 4.79 Å². The van der Waals surface area contributed by atoms with Gasteiger partial charge in [-0.1, -0.05) is 24.3 Å². The number of nitrogens with one attached hydrogen (secondary N) is 1. The fourth-order valence-corrected chi connectivity index (χ4v) is 1.46. The second-order valence-electron chi connectivity index (χ2n) is 3.30. The van der Waals surface area contributed by atoms with Gasteiger partial charge in [0.25, 0.3) is 0 Å². The molecular formula is C11H14ClNO. The molecule has 1 atom stereocenters. The highest BCUT2D eigenvalue weighted by Crippen LogP contribution is 2.14. The highest BCUT2D eigenvalue weighted by molar-refractivity contribution is 6.17. The van der Waals surface area contributed by atoms with Gasteiger partial charge in [-0.25, -0.2) is 0 Å². The zero-order valence-electron chi connectivity index (χ0n) is 8.38. The molecule has 0 fully saturated rings. The van der Waals surface area contributed by atoms with Crippen molar-refractivity contribution in [2.45, 2.75) is 25.8 Å². The summed E-state index contributed by atoms with van der Waals surface area (Å²) in [7, 11) is 0. The molecule has 0 radical (unpaired) electrons. The van der Waals surface area contributed by atoms with Crippen molar-refractivity contribution in [3.05, 3.63) is 35.4 Å². The number of benzene rings is 1. The number of amides is 1. The van der Waals surface area contributed by atoms with Gasteiger partial charge in [0.15, 0.2) is 0 Å². The molecule has 14 heavy (non-hydrogen) atoms. The van der Waals surface area contributed by atoms with E-state index in [2.05, 4.69) is 5.32 Å². The van der Waals surface area contributed by atoms with Crippen molar-refractivity contribution in [1.82, 2.24) is 5.32 Å². The van der Waals surface area contributed by atoms with Gasteiger partial charge < -0.3 is 5.32 Å². The van der Waals surface area contributed by atoms with E-state index in [1.807, 2.05) is 31.2 Å². The first kappa shape index (κ1) is 11.1. The topological polar surface area (TPSA) is 29.1 Å². The Bertz CT molecular complexity index is 308. The summed E-state index contributed by atoms with van der Waals surface area (Å²) in [4.78, 5) is 10.8. The SMILES string of the molecule is CC(=O)N[C@@H](C)c1ccc(CCl)cc1. The number of carbonyl (C=O) groups excluding carboxylic acids is 1. The molecule has 0 heterocycles. The summed E-state index contributed by atoms with van der Waals surface area (Å²) in [6.07, 6.45) is 0. The van der Waals surface area contributed by atoms with Crippen molar-refractivity contribution >= 4 is 17.5 Å². The molecule has 2 nitrogen and oxygen atoms in total. The van der Waals surface area contributed by atoms with Gasteiger partial charge in [0.1, 0.15) is 0 Å². The maximum atomic E-state index is 10.8. The molecule has 0 aliphatic heterocycles. The quantitative estimate of drug-likeness (QED) is 0.766. The average Bonchev–Trinajstić information content (AvgIpc) is 2.17. The Labute approximate surface area is 89.3 Å². The number of halogens is 1. The van der Waals surface area contributed by atoms with Crippen molar-refractivity contribution in [2.75, 3.05) is 0 Å². The van der Waals surface area contributed by atoms with Crippen LogP contribution in [0.2, 0.25) is 0 Å². The van der Waals surface area contributed by atoms with Crippen LogP contribution in [0, 0.1) is 0 Å². The van der Waals surface area contributed by atoms with Gasteiger partial charge in [-0.2, -0.15) is 0 Å². The zero-order chi connectivity index (χ0) is 10.6. The Morgan fingerprint density at radius 1 is 1.43 bits per heavy atom. The van der Waals surface area contributed by atoms with Gasteiger partial charge in [-0.15, -0.1) is 11.6 Å². The Balaban J connectivity index is 2.71. The van der Waals surface area contributed by atoms with Crippen LogP contribution in [-0.2, 0) is 10.7 Å². The highest BCUT2D eigenvalue weighted by Gasteiger charge is 2.05. The molecule has 0 aromatic heterocycles. The summed E-state index contributed by atoms with van der Waals surface area (Å²) >= 11 is 5.67. The molecule has 1 N–H and O–H groups in total. The summed E-state index contributed by atoms with van der Waals surface area (Å²) in [5, 5.41) is 2.82. The summed E-state index contributed by atoms with van der Waals surface area (Å²) in [5.41, 5.74) is 2.18. The first-order valence-electron chi connectivity index (χ1n) is 4.55. The van der Waals surface area contributed by atoms with Gasteiger partial charge in [0, 0.05) is 12.8 Å². The predicted octanol–water partition coefficient (Wildman–Crippen LogP) is 2.62. The first-order valence-corrected chi connectivity index (χ1v) is 5.09. The smallest absolute Gasteiger partial charge is 0.217 e. The van der Waals surface area contributed by atoms with Crippen LogP contribution in [0.4, 0.5) is 0 Å². The molecule has 0 saturated heterocycles. The lowest BCUT2D eigenvalue weighted by Gasteiger charge is -2.12. The maximum absolute atomic E-state index is 10.8. The minimum Gasteiger partial charge on any atom is -0.350 e. The van der Waals surface area contributed by atoms with E-state index in [4.69, 9.17) is 11.6 Å². The van der Waals surface area contributed by atoms with Gasteiger partial charge >= 0.3 is 0 Å². The predicted molar refractivity (Wildman–Crippen MR) is 58.2 cm³/mol. The van der Waals surface area contributed by atoms with E-state index in [0.29, 0.717) is 5.88 Å².